The summed E-state index contributed by atoms with van der Waals surface area (Å²) in [5.41, 5.74) is 1.12. The Balaban J connectivity index is 2.26. The average molecular weight is 415 g/mol. The summed E-state index contributed by atoms with van der Waals surface area (Å²) in [6.45, 7) is 0. The number of anilines is 1. The Labute approximate surface area is 139 Å². The van der Waals surface area contributed by atoms with Crippen LogP contribution in [0, 0.1) is 0 Å². The number of halogens is 2. The van der Waals surface area contributed by atoms with Gasteiger partial charge in [0.05, 0.1) is 19.9 Å². The molecule has 0 aliphatic carbocycles. The van der Waals surface area contributed by atoms with Gasteiger partial charge in [-0.1, -0.05) is 31.9 Å². The second-order valence-electron chi connectivity index (χ2n) is 4.18. The highest BCUT2D eigenvalue weighted by atomic mass is 79.9. The number of hydrogen-bond donors (Lipinski definition) is 1. The van der Waals surface area contributed by atoms with Crippen molar-refractivity contribution in [1.29, 1.82) is 0 Å². The van der Waals surface area contributed by atoms with E-state index in [2.05, 4.69) is 37.2 Å². The quantitative estimate of drug-likeness (QED) is 0.802. The number of benzene rings is 2. The standard InChI is InChI=1S/C15H13Br2NO3/c1-20-12-3-4-13(14(8-12)21-2)18-15(19)9-5-10(16)7-11(17)6-9/h3-8H,1-2H3,(H,18,19). The molecule has 110 valence electrons. The largest absolute Gasteiger partial charge is 0.497 e. The topological polar surface area (TPSA) is 47.6 Å². The van der Waals surface area contributed by atoms with Gasteiger partial charge in [0, 0.05) is 20.6 Å². The van der Waals surface area contributed by atoms with Crippen LogP contribution < -0.4 is 14.8 Å². The van der Waals surface area contributed by atoms with E-state index in [4.69, 9.17) is 9.47 Å². The molecule has 21 heavy (non-hydrogen) atoms. The second kappa shape index (κ2) is 6.95. The van der Waals surface area contributed by atoms with Gasteiger partial charge >= 0.3 is 0 Å². The van der Waals surface area contributed by atoms with Crippen molar-refractivity contribution in [1.82, 2.24) is 0 Å². The molecule has 0 saturated carbocycles. The minimum absolute atomic E-state index is 0.222. The minimum Gasteiger partial charge on any atom is -0.497 e. The monoisotopic (exact) mass is 413 g/mol. The SMILES string of the molecule is COc1ccc(NC(=O)c2cc(Br)cc(Br)c2)c(OC)c1. The lowest BCUT2D eigenvalue weighted by atomic mass is 10.2. The number of rotatable bonds is 4. The van der Waals surface area contributed by atoms with Crippen LogP contribution in [0.5, 0.6) is 11.5 Å². The maximum atomic E-state index is 12.3. The maximum Gasteiger partial charge on any atom is 0.255 e. The number of carbonyl (C=O) groups is 1. The van der Waals surface area contributed by atoms with Crippen LogP contribution in [0.2, 0.25) is 0 Å². The van der Waals surface area contributed by atoms with E-state index in [-0.39, 0.29) is 5.91 Å². The molecule has 0 aliphatic rings. The number of nitrogens with one attached hydrogen (secondary N) is 1. The number of carbonyl (C=O) groups excluding carboxylic acids is 1. The first-order chi connectivity index (χ1) is 10.0. The van der Waals surface area contributed by atoms with Gasteiger partial charge in [-0.3, -0.25) is 4.79 Å². The van der Waals surface area contributed by atoms with Crippen LogP contribution in [0.4, 0.5) is 5.69 Å². The maximum absolute atomic E-state index is 12.3. The number of methoxy groups -OCH3 is 2. The molecule has 0 bridgehead atoms. The van der Waals surface area contributed by atoms with Crippen molar-refractivity contribution >= 4 is 43.5 Å². The zero-order valence-electron chi connectivity index (χ0n) is 11.4. The predicted octanol–water partition coefficient (Wildman–Crippen LogP) is 4.48. The Morgan fingerprint density at radius 1 is 1.00 bits per heavy atom. The summed E-state index contributed by atoms with van der Waals surface area (Å²) in [5, 5.41) is 2.82. The van der Waals surface area contributed by atoms with Gasteiger partial charge in [0.2, 0.25) is 0 Å². The van der Waals surface area contributed by atoms with Crippen LogP contribution in [-0.4, -0.2) is 20.1 Å². The molecular weight excluding hydrogens is 402 g/mol. The summed E-state index contributed by atoms with van der Waals surface area (Å²) < 4.78 is 12.0. The molecule has 2 aromatic rings. The normalized spacial score (nSPS) is 10.1. The molecule has 6 heteroatoms. The van der Waals surface area contributed by atoms with Crippen molar-refractivity contribution in [3.05, 3.63) is 50.9 Å². The Morgan fingerprint density at radius 2 is 1.67 bits per heavy atom. The summed E-state index contributed by atoms with van der Waals surface area (Å²) in [5.74, 6) is 0.979. The Bertz CT molecular complexity index is 654. The molecule has 0 heterocycles. The number of amides is 1. The highest BCUT2D eigenvalue weighted by Gasteiger charge is 2.12. The first kappa shape index (κ1) is 15.9. The van der Waals surface area contributed by atoms with E-state index in [0.717, 1.165) is 8.95 Å². The molecule has 0 aliphatic heterocycles. The van der Waals surface area contributed by atoms with Crippen molar-refractivity contribution in [2.45, 2.75) is 0 Å². The molecule has 1 amide bonds. The zero-order valence-corrected chi connectivity index (χ0v) is 14.6. The fourth-order valence-electron chi connectivity index (χ4n) is 1.78. The van der Waals surface area contributed by atoms with Crippen LogP contribution in [0.3, 0.4) is 0 Å². The van der Waals surface area contributed by atoms with Crippen LogP contribution >= 0.6 is 31.9 Å². The molecule has 0 spiro atoms. The predicted molar refractivity (Wildman–Crippen MR) is 89.3 cm³/mol. The lowest BCUT2D eigenvalue weighted by molar-refractivity contribution is 0.102. The Hall–Kier alpha value is -1.53. The van der Waals surface area contributed by atoms with Gasteiger partial charge in [-0.25, -0.2) is 0 Å². The molecule has 1 N–H and O–H groups in total. The van der Waals surface area contributed by atoms with Gasteiger partial charge in [0.25, 0.3) is 5.91 Å². The second-order valence-corrected chi connectivity index (χ2v) is 6.01. The molecule has 0 aromatic heterocycles. The van der Waals surface area contributed by atoms with Gasteiger partial charge in [-0.05, 0) is 30.3 Å². The summed E-state index contributed by atoms with van der Waals surface area (Å²) in [6.07, 6.45) is 0. The first-order valence-electron chi connectivity index (χ1n) is 6.03. The molecule has 0 unspecified atom stereocenters. The van der Waals surface area contributed by atoms with Crippen molar-refractivity contribution in [2.24, 2.45) is 0 Å². The third-order valence-electron chi connectivity index (χ3n) is 2.78. The van der Waals surface area contributed by atoms with Crippen molar-refractivity contribution < 1.29 is 14.3 Å². The fraction of sp³-hybridized carbons (Fsp3) is 0.133. The van der Waals surface area contributed by atoms with Gasteiger partial charge in [0.15, 0.2) is 0 Å². The first-order valence-corrected chi connectivity index (χ1v) is 7.61. The molecule has 4 nitrogen and oxygen atoms in total. The van der Waals surface area contributed by atoms with E-state index in [0.29, 0.717) is 22.7 Å². The summed E-state index contributed by atoms with van der Waals surface area (Å²) in [4.78, 5) is 12.3. The van der Waals surface area contributed by atoms with Crippen molar-refractivity contribution in [3.8, 4) is 11.5 Å². The van der Waals surface area contributed by atoms with Gasteiger partial charge in [-0.15, -0.1) is 0 Å². The molecule has 0 radical (unpaired) electrons. The minimum atomic E-state index is -0.222. The van der Waals surface area contributed by atoms with Crippen LogP contribution in [0.1, 0.15) is 10.4 Å². The van der Waals surface area contributed by atoms with Crippen LogP contribution in [0.15, 0.2) is 45.3 Å². The van der Waals surface area contributed by atoms with Gasteiger partial charge in [-0.2, -0.15) is 0 Å². The summed E-state index contributed by atoms with van der Waals surface area (Å²) >= 11 is 6.72. The highest BCUT2D eigenvalue weighted by Crippen LogP contribution is 2.30. The van der Waals surface area contributed by atoms with Crippen molar-refractivity contribution in [3.63, 3.8) is 0 Å². The fourth-order valence-corrected chi connectivity index (χ4v) is 3.07. The Kier molecular flexibility index (Phi) is 5.25. The molecule has 0 fully saturated rings. The highest BCUT2D eigenvalue weighted by molar-refractivity contribution is 9.11. The van der Waals surface area contributed by atoms with E-state index in [9.17, 15) is 4.79 Å². The molecule has 2 rings (SSSR count). The van der Waals surface area contributed by atoms with E-state index < -0.39 is 0 Å². The molecule has 0 saturated heterocycles. The number of hydrogen-bond acceptors (Lipinski definition) is 3. The van der Waals surface area contributed by atoms with Crippen LogP contribution in [-0.2, 0) is 0 Å². The van der Waals surface area contributed by atoms with E-state index >= 15 is 0 Å². The van der Waals surface area contributed by atoms with E-state index in [1.54, 1.807) is 44.6 Å². The molecular formula is C15H13Br2NO3. The van der Waals surface area contributed by atoms with Gasteiger partial charge < -0.3 is 14.8 Å². The Morgan fingerprint density at radius 3 is 2.24 bits per heavy atom. The van der Waals surface area contributed by atoms with E-state index in [1.807, 2.05) is 6.07 Å². The summed E-state index contributed by atoms with van der Waals surface area (Å²) in [7, 11) is 3.12. The van der Waals surface area contributed by atoms with Crippen molar-refractivity contribution in [2.75, 3.05) is 19.5 Å². The zero-order chi connectivity index (χ0) is 15.4. The summed E-state index contributed by atoms with van der Waals surface area (Å²) in [6, 6.07) is 10.6. The third-order valence-corrected chi connectivity index (χ3v) is 3.70. The smallest absolute Gasteiger partial charge is 0.255 e. The van der Waals surface area contributed by atoms with Gasteiger partial charge in [0.1, 0.15) is 11.5 Å². The van der Waals surface area contributed by atoms with E-state index in [1.165, 1.54) is 0 Å². The molecule has 0 atom stereocenters. The lowest BCUT2D eigenvalue weighted by Gasteiger charge is -2.12. The molecule has 2 aromatic carbocycles. The average Bonchev–Trinajstić information content (AvgIpc) is 2.46. The number of ether oxygens (including phenoxy) is 2. The van der Waals surface area contributed by atoms with Crippen LogP contribution in [0.25, 0.3) is 0 Å². The third kappa shape index (κ3) is 3.98. The lowest BCUT2D eigenvalue weighted by Crippen LogP contribution is -2.12.